The van der Waals surface area contributed by atoms with Gasteiger partial charge in [-0.1, -0.05) is 18.2 Å². The highest BCUT2D eigenvalue weighted by Crippen LogP contribution is 2.30. The van der Waals surface area contributed by atoms with Gasteiger partial charge in [0.15, 0.2) is 0 Å². The van der Waals surface area contributed by atoms with E-state index in [-0.39, 0.29) is 12.5 Å². The summed E-state index contributed by atoms with van der Waals surface area (Å²) in [5.74, 6) is -1.44. The number of carboxylic acids is 1. The number of nitrogens with zero attached hydrogens (tertiary/aromatic N) is 1. The van der Waals surface area contributed by atoms with Gasteiger partial charge < -0.3 is 25.4 Å². The van der Waals surface area contributed by atoms with Crippen LogP contribution in [0, 0.1) is 13.8 Å². The Morgan fingerprint density at radius 1 is 1.08 bits per heavy atom. The fourth-order valence-electron chi connectivity index (χ4n) is 5.25. The maximum absolute atomic E-state index is 13.2. The van der Waals surface area contributed by atoms with Crippen molar-refractivity contribution in [2.24, 2.45) is 0 Å². The Balaban J connectivity index is 1.29. The average Bonchev–Trinajstić information content (AvgIpc) is 3.62. The second-order valence-corrected chi connectivity index (χ2v) is 10.7. The third kappa shape index (κ3) is 5.37. The van der Waals surface area contributed by atoms with Crippen LogP contribution in [0.2, 0.25) is 0 Å². The van der Waals surface area contributed by atoms with Crippen molar-refractivity contribution < 1.29 is 29.0 Å². The molecule has 0 spiro atoms. The summed E-state index contributed by atoms with van der Waals surface area (Å²) in [5, 5.41) is 16.6. The van der Waals surface area contributed by atoms with Crippen molar-refractivity contribution in [3.05, 3.63) is 85.6 Å². The molecule has 1 atom stereocenters. The molecule has 2 aromatic carbocycles. The van der Waals surface area contributed by atoms with Crippen LogP contribution in [0.1, 0.15) is 58.2 Å². The van der Waals surface area contributed by atoms with E-state index in [0.717, 1.165) is 34.4 Å². The summed E-state index contributed by atoms with van der Waals surface area (Å²) >= 11 is 1.25. The number of amides is 3. The summed E-state index contributed by atoms with van der Waals surface area (Å²) in [5.41, 5.74) is 5.54. The Kier molecular flexibility index (Phi) is 7.38. The fourth-order valence-corrected chi connectivity index (χ4v) is 5.89. The lowest BCUT2D eigenvalue weighted by atomic mass is 9.88. The predicted octanol–water partition coefficient (Wildman–Crippen LogP) is 3.11. The molecular formula is C29H29N3O6S. The number of aryl methyl sites for hydroxylation is 1. The SMILES string of the molecule is Cc1cc2c(c(C)c1C(=O)NC(CNC(=O)c1cccs1)C(=O)O)CCN(C(=O)c1ccc3c(c1)OCC3)C2. The van der Waals surface area contributed by atoms with E-state index in [9.17, 15) is 24.3 Å². The van der Waals surface area contributed by atoms with Crippen LogP contribution in [-0.4, -0.2) is 59.4 Å². The molecule has 0 fully saturated rings. The highest BCUT2D eigenvalue weighted by molar-refractivity contribution is 7.12. The second kappa shape index (κ2) is 10.9. The smallest absolute Gasteiger partial charge is 0.328 e. The van der Waals surface area contributed by atoms with Gasteiger partial charge >= 0.3 is 5.97 Å². The molecule has 0 saturated heterocycles. The number of aliphatic carboxylic acids is 1. The molecule has 3 N–H and O–H groups in total. The second-order valence-electron chi connectivity index (χ2n) is 9.78. The van der Waals surface area contributed by atoms with Gasteiger partial charge in [0.2, 0.25) is 0 Å². The van der Waals surface area contributed by atoms with Gasteiger partial charge in [0.25, 0.3) is 17.7 Å². The van der Waals surface area contributed by atoms with E-state index in [1.54, 1.807) is 29.3 Å². The standard InChI is InChI=1S/C29H29N3O6S/c1-16-12-20-15-32(28(35)19-6-5-18-8-10-38-23(18)13-19)9-7-21(20)17(2)25(16)27(34)31-22(29(36)37)14-30-26(33)24-4-3-11-39-24/h3-6,11-13,22H,7-10,14-15H2,1-2H3,(H,30,33)(H,31,34)(H,36,37). The average molecular weight is 548 g/mol. The molecule has 202 valence electrons. The van der Waals surface area contributed by atoms with Crippen molar-refractivity contribution in [2.45, 2.75) is 39.3 Å². The number of carboxylic acid groups (broad SMARTS) is 1. The Morgan fingerprint density at radius 2 is 1.90 bits per heavy atom. The maximum Gasteiger partial charge on any atom is 0.328 e. The first kappa shape index (κ1) is 26.4. The number of fused-ring (bicyclic) bond motifs is 2. The predicted molar refractivity (Wildman–Crippen MR) is 146 cm³/mol. The highest BCUT2D eigenvalue weighted by atomic mass is 32.1. The monoisotopic (exact) mass is 547 g/mol. The Hall–Kier alpha value is -4.18. The number of thiophene rings is 1. The van der Waals surface area contributed by atoms with E-state index >= 15 is 0 Å². The first-order valence-electron chi connectivity index (χ1n) is 12.7. The van der Waals surface area contributed by atoms with Gasteiger partial charge in [0.1, 0.15) is 11.8 Å². The van der Waals surface area contributed by atoms with Crippen LogP contribution in [0.3, 0.4) is 0 Å². The summed E-state index contributed by atoms with van der Waals surface area (Å²) in [6.45, 7) is 4.96. The zero-order chi connectivity index (χ0) is 27.7. The molecule has 2 aliphatic rings. The normalized spacial score (nSPS) is 14.6. The van der Waals surface area contributed by atoms with Crippen molar-refractivity contribution in [3.8, 4) is 5.75 Å². The molecule has 3 amide bonds. The third-order valence-electron chi connectivity index (χ3n) is 7.27. The van der Waals surface area contributed by atoms with Crippen LogP contribution >= 0.6 is 11.3 Å². The lowest BCUT2D eigenvalue weighted by Crippen LogP contribution is -2.48. The third-order valence-corrected chi connectivity index (χ3v) is 8.13. The van der Waals surface area contributed by atoms with Crippen LogP contribution in [0.5, 0.6) is 5.75 Å². The number of rotatable bonds is 7. The number of ether oxygens (including phenoxy) is 1. The largest absolute Gasteiger partial charge is 0.493 e. The van der Waals surface area contributed by atoms with E-state index < -0.39 is 23.8 Å². The number of benzene rings is 2. The van der Waals surface area contributed by atoms with Gasteiger partial charge in [-0.25, -0.2) is 4.79 Å². The highest BCUT2D eigenvalue weighted by Gasteiger charge is 2.29. The van der Waals surface area contributed by atoms with Crippen molar-refractivity contribution in [1.29, 1.82) is 0 Å². The van der Waals surface area contributed by atoms with Gasteiger partial charge in [-0.3, -0.25) is 14.4 Å². The molecule has 9 nitrogen and oxygen atoms in total. The van der Waals surface area contributed by atoms with Crippen LogP contribution in [0.4, 0.5) is 0 Å². The van der Waals surface area contributed by atoms with Gasteiger partial charge in [0.05, 0.1) is 11.5 Å². The maximum atomic E-state index is 13.2. The Morgan fingerprint density at radius 3 is 2.64 bits per heavy atom. The van der Waals surface area contributed by atoms with Crippen molar-refractivity contribution >= 4 is 35.0 Å². The van der Waals surface area contributed by atoms with E-state index in [4.69, 9.17) is 4.74 Å². The minimum atomic E-state index is -1.29. The van der Waals surface area contributed by atoms with Crippen LogP contribution in [-0.2, 0) is 24.2 Å². The first-order chi connectivity index (χ1) is 18.7. The minimum Gasteiger partial charge on any atom is -0.493 e. The molecule has 0 radical (unpaired) electrons. The van der Waals surface area contributed by atoms with E-state index in [2.05, 4.69) is 10.6 Å². The number of carbonyl (C=O) groups excluding carboxylic acids is 3. The molecule has 0 bridgehead atoms. The lowest BCUT2D eigenvalue weighted by Gasteiger charge is -2.31. The molecule has 1 aromatic heterocycles. The van der Waals surface area contributed by atoms with Crippen molar-refractivity contribution in [2.75, 3.05) is 19.7 Å². The zero-order valence-electron chi connectivity index (χ0n) is 21.7. The molecular weight excluding hydrogens is 518 g/mol. The van der Waals surface area contributed by atoms with E-state index in [1.807, 2.05) is 31.2 Å². The minimum absolute atomic E-state index is 0.0648. The number of hydrogen-bond donors (Lipinski definition) is 3. The lowest BCUT2D eigenvalue weighted by molar-refractivity contribution is -0.139. The van der Waals surface area contributed by atoms with E-state index in [0.29, 0.717) is 47.7 Å². The molecule has 10 heteroatoms. The zero-order valence-corrected chi connectivity index (χ0v) is 22.5. The van der Waals surface area contributed by atoms with Gasteiger partial charge in [-0.05, 0) is 71.7 Å². The van der Waals surface area contributed by atoms with Gasteiger partial charge in [0, 0.05) is 37.2 Å². The van der Waals surface area contributed by atoms with Gasteiger partial charge in [-0.2, -0.15) is 0 Å². The Labute approximate surface area is 229 Å². The fraction of sp³-hybridized carbons (Fsp3) is 0.310. The Bertz CT molecular complexity index is 1470. The molecule has 2 aliphatic heterocycles. The summed E-state index contributed by atoms with van der Waals surface area (Å²) in [7, 11) is 0. The van der Waals surface area contributed by atoms with Crippen LogP contribution in [0.15, 0.2) is 41.8 Å². The number of carbonyl (C=O) groups is 4. The number of nitrogens with one attached hydrogen (secondary N) is 2. The summed E-state index contributed by atoms with van der Waals surface area (Å²) in [6.07, 6.45) is 1.43. The summed E-state index contributed by atoms with van der Waals surface area (Å²) in [4.78, 5) is 52.8. The molecule has 0 aliphatic carbocycles. The van der Waals surface area contributed by atoms with Crippen LogP contribution in [0.25, 0.3) is 0 Å². The van der Waals surface area contributed by atoms with Crippen molar-refractivity contribution in [3.63, 3.8) is 0 Å². The molecule has 3 heterocycles. The van der Waals surface area contributed by atoms with Crippen molar-refractivity contribution in [1.82, 2.24) is 15.5 Å². The number of hydrogen-bond acceptors (Lipinski definition) is 6. The molecule has 0 saturated carbocycles. The van der Waals surface area contributed by atoms with Crippen LogP contribution < -0.4 is 15.4 Å². The quantitative estimate of drug-likeness (QED) is 0.418. The molecule has 39 heavy (non-hydrogen) atoms. The first-order valence-corrected chi connectivity index (χ1v) is 13.6. The molecule has 3 aromatic rings. The summed E-state index contributed by atoms with van der Waals surface area (Å²) in [6, 6.07) is 9.59. The van der Waals surface area contributed by atoms with E-state index in [1.165, 1.54) is 11.3 Å². The molecule has 5 rings (SSSR count). The van der Waals surface area contributed by atoms with Gasteiger partial charge in [-0.15, -0.1) is 11.3 Å². The topological polar surface area (TPSA) is 125 Å². The summed E-state index contributed by atoms with van der Waals surface area (Å²) < 4.78 is 5.62. The molecule has 1 unspecified atom stereocenters.